The van der Waals surface area contributed by atoms with Gasteiger partial charge in [-0.1, -0.05) is 12.1 Å². The van der Waals surface area contributed by atoms with Gasteiger partial charge in [0.2, 0.25) is 5.91 Å². The fourth-order valence-corrected chi connectivity index (χ4v) is 3.33. The van der Waals surface area contributed by atoms with Gasteiger partial charge in [0, 0.05) is 32.8 Å². The van der Waals surface area contributed by atoms with E-state index in [1.54, 1.807) is 4.90 Å². The Bertz CT molecular complexity index is 682. The molecule has 6 nitrogen and oxygen atoms in total. The van der Waals surface area contributed by atoms with Crippen LogP contribution in [-0.4, -0.2) is 67.0 Å². The number of halogens is 3. The minimum atomic E-state index is -4.53. The highest BCUT2D eigenvalue weighted by Gasteiger charge is 2.34. The Labute approximate surface area is 155 Å². The predicted molar refractivity (Wildman–Crippen MR) is 92.1 cm³/mol. The summed E-state index contributed by atoms with van der Waals surface area (Å²) in [5.41, 5.74) is -1.12. The molecule has 0 spiro atoms. The predicted octanol–water partition coefficient (Wildman–Crippen LogP) is 1.97. The Morgan fingerprint density at radius 2 is 1.85 bits per heavy atom. The molecule has 0 bridgehead atoms. The molecule has 2 heterocycles. The van der Waals surface area contributed by atoms with Crippen LogP contribution in [0, 0.1) is 0 Å². The largest absolute Gasteiger partial charge is 0.418 e. The molecule has 0 aliphatic carbocycles. The molecule has 0 aromatic heterocycles. The van der Waals surface area contributed by atoms with Gasteiger partial charge in [0.05, 0.1) is 17.8 Å². The highest BCUT2D eigenvalue weighted by Crippen LogP contribution is 2.34. The zero-order valence-electron chi connectivity index (χ0n) is 14.8. The number of benzene rings is 1. The third-order valence-electron chi connectivity index (χ3n) is 4.76. The molecule has 1 aromatic carbocycles. The summed E-state index contributed by atoms with van der Waals surface area (Å²) in [6, 6.07) is 4.90. The van der Waals surface area contributed by atoms with Crippen molar-refractivity contribution in [2.45, 2.75) is 25.1 Å². The SMILES string of the molecule is O=C(CN1CCN(C(=O)[C@H]2CCCO2)CC1)Nc1ccccc1C(F)(F)F. The van der Waals surface area contributed by atoms with E-state index in [9.17, 15) is 22.8 Å². The maximum absolute atomic E-state index is 13.0. The molecule has 3 rings (SSSR count). The lowest BCUT2D eigenvalue weighted by molar-refractivity contribution is -0.142. The average molecular weight is 385 g/mol. The Kier molecular flexibility index (Phi) is 6.01. The van der Waals surface area contributed by atoms with E-state index in [0.29, 0.717) is 32.8 Å². The molecule has 9 heteroatoms. The maximum Gasteiger partial charge on any atom is 0.418 e. The molecule has 0 saturated carbocycles. The molecule has 0 radical (unpaired) electrons. The van der Waals surface area contributed by atoms with Gasteiger partial charge in [-0.2, -0.15) is 13.2 Å². The van der Waals surface area contributed by atoms with Crippen LogP contribution in [0.3, 0.4) is 0 Å². The third kappa shape index (κ3) is 4.98. The van der Waals surface area contributed by atoms with Gasteiger partial charge in [-0.3, -0.25) is 14.5 Å². The molecule has 1 aromatic rings. The summed E-state index contributed by atoms with van der Waals surface area (Å²) in [6.45, 7) is 2.53. The van der Waals surface area contributed by atoms with Crippen molar-refractivity contribution in [3.8, 4) is 0 Å². The van der Waals surface area contributed by atoms with Crippen molar-refractivity contribution in [1.29, 1.82) is 0 Å². The van der Waals surface area contributed by atoms with Gasteiger partial charge in [0.25, 0.3) is 5.91 Å². The number of carbonyl (C=O) groups excluding carboxylic acids is 2. The second-order valence-corrected chi connectivity index (χ2v) is 6.69. The van der Waals surface area contributed by atoms with Crippen LogP contribution in [0.5, 0.6) is 0 Å². The van der Waals surface area contributed by atoms with E-state index < -0.39 is 17.6 Å². The van der Waals surface area contributed by atoms with Crippen molar-refractivity contribution in [2.24, 2.45) is 0 Å². The maximum atomic E-state index is 13.0. The molecule has 2 aliphatic heterocycles. The number of carbonyl (C=O) groups is 2. The molecule has 148 valence electrons. The van der Waals surface area contributed by atoms with Gasteiger partial charge in [0.1, 0.15) is 6.10 Å². The first-order valence-electron chi connectivity index (χ1n) is 8.93. The number of amides is 2. The fourth-order valence-electron chi connectivity index (χ4n) is 3.33. The number of rotatable bonds is 4. The molecular formula is C18H22F3N3O3. The monoisotopic (exact) mass is 385 g/mol. The Hall–Kier alpha value is -2.13. The first-order valence-corrected chi connectivity index (χ1v) is 8.93. The summed E-state index contributed by atoms with van der Waals surface area (Å²) in [5.74, 6) is -0.527. The van der Waals surface area contributed by atoms with E-state index in [2.05, 4.69) is 5.32 Å². The number of anilines is 1. The highest BCUT2D eigenvalue weighted by atomic mass is 19.4. The van der Waals surface area contributed by atoms with Crippen LogP contribution < -0.4 is 5.32 Å². The second kappa shape index (κ2) is 8.26. The first kappa shape index (κ1) is 19.6. The topological polar surface area (TPSA) is 61.9 Å². The summed E-state index contributed by atoms with van der Waals surface area (Å²) in [4.78, 5) is 28.0. The lowest BCUT2D eigenvalue weighted by atomic mass is 10.1. The molecule has 27 heavy (non-hydrogen) atoms. The molecule has 2 saturated heterocycles. The van der Waals surface area contributed by atoms with Crippen molar-refractivity contribution in [3.05, 3.63) is 29.8 Å². The van der Waals surface area contributed by atoms with Gasteiger partial charge in [-0.05, 0) is 25.0 Å². The van der Waals surface area contributed by atoms with Crippen LogP contribution in [0.1, 0.15) is 18.4 Å². The summed E-state index contributed by atoms with van der Waals surface area (Å²) >= 11 is 0. The summed E-state index contributed by atoms with van der Waals surface area (Å²) in [5, 5.41) is 2.34. The van der Waals surface area contributed by atoms with Crippen LogP contribution in [-0.2, 0) is 20.5 Å². The molecule has 0 unspecified atom stereocenters. The molecule has 2 amide bonds. The lowest BCUT2D eigenvalue weighted by Gasteiger charge is -2.35. The number of ether oxygens (including phenoxy) is 1. The zero-order chi connectivity index (χ0) is 19.4. The van der Waals surface area contributed by atoms with E-state index >= 15 is 0 Å². The van der Waals surface area contributed by atoms with E-state index in [0.717, 1.165) is 18.9 Å². The van der Waals surface area contributed by atoms with E-state index in [-0.39, 0.29) is 24.2 Å². The van der Waals surface area contributed by atoms with Gasteiger partial charge in [0.15, 0.2) is 0 Å². The van der Waals surface area contributed by atoms with Crippen LogP contribution >= 0.6 is 0 Å². The molecular weight excluding hydrogens is 363 g/mol. The average Bonchev–Trinajstić information content (AvgIpc) is 3.16. The standard InChI is InChI=1S/C18H22F3N3O3/c19-18(20,21)13-4-1-2-5-14(13)22-16(25)12-23-7-9-24(10-8-23)17(26)15-6-3-11-27-15/h1-2,4-5,15H,3,6-12H2,(H,22,25)/t15-/m1/s1. The number of alkyl halides is 3. The van der Waals surface area contributed by atoms with E-state index in [1.807, 2.05) is 4.90 Å². The first-order chi connectivity index (χ1) is 12.8. The van der Waals surface area contributed by atoms with Gasteiger partial charge in [-0.25, -0.2) is 0 Å². The summed E-state index contributed by atoms with van der Waals surface area (Å²) in [7, 11) is 0. The minimum Gasteiger partial charge on any atom is -0.368 e. The molecule has 1 N–H and O–H groups in total. The van der Waals surface area contributed by atoms with Crippen LogP contribution in [0.4, 0.5) is 18.9 Å². The van der Waals surface area contributed by atoms with Crippen molar-refractivity contribution in [3.63, 3.8) is 0 Å². The number of hydrogen-bond donors (Lipinski definition) is 1. The quantitative estimate of drug-likeness (QED) is 0.861. The van der Waals surface area contributed by atoms with E-state index in [1.165, 1.54) is 18.2 Å². The lowest BCUT2D eigenvalue weighted by Crippen LogP contribution is -2.52. The van der Waals surface area contributed by atoms with Gasteiger partial charge >= 0.3 is 6.18 Å². The van der Waals surface area contributed by atoms with Crippen LogP contribution in [0.25, 0.3) is 0 Å². The second-order valence-electron chi connectivity index (χ2n) is 6.69. The van der Waals surface area contributed by atoms with Crippen LogP contribution in [0.15, 0.2) is 24.3 Å². The third-order valence-corrected chi connectivity index (χ3v) is 4.76. The fraction of sp³-hybridized carbons (Fsp3) is 0.556. The highest BCUT2D eigenvalue weighted by molar-refractivity contribution is 5.93. The minimum absolute atomic E-state index is 0.0179. The van der Waals surface area contributed by atoms with Gasteiger partial charge < -0.3 is 15.0 Å². The van der Waals surface area contributed by atoms with Gasteiger partial charge in [-0.15, -0.1) is 0 Å². The van der Waals surface area contributed by atoms with Crippen molar-refractivity contribution in [1.82, 2.24) is 9.80 Å². The Morgan fingerprint density at radius 1 is 1.15 bits per heavy atom. The summed E-state index contributed by atoms with van der Waals surface area (Å²) < 4.78 is 44.4. The Morgan fingerprint density at radius 3 is 2.48 bits per heavy atom. The molecule has 2 fully saturated rings. The zero-order valence-corrected chi connectivity index (χ0v) is 14.8. The molecule has 2 aliphatic rings. The smallest absolute Gasteiger partial charge is 0.368 e. The number of hydrogen-bond acceptors (Lipinski definition) is 4. The number of para-hydroxylation sites is 1. The van der Waals surface area contributed by atoms with Crippen molar-refractivity contribution < 1.29 is 27.5 Å². The van der Waals surface area contributed by atoms with E-state index in [4.69, 9.17) is 4.74 Å². The normalized spacial score (nSPS) is 21.3. The summed E-state index contributed by atoms with van der Waals surface area (Å²) in [6.07, 6.45) is -3.27. The van der Waals surface area contributed by atoms with Crippen molar-refractivity contribution in [2.75, 3.05) is 44.6 Å². The Balaban J connectivity index is 1.49. The number of nitrogens with zero attached hydrogens (tertiary/aromatic N) is 2. The number of nitrogens with one attached hydrogen (secondary N) is 1. The van der Waals surface area contributed by atoms with Crippen molar-refractivity contribution >= 4 is 17.5 Å². The molecule has 1 atom stereocenters. The number of piperazine rings is 1. The van der Waals surface area contributed by atoms with Crippen LogP contribution in [0.2, 0.25) is 0 Å².